The number of rotatable bonds is 4. The third-order valence-corrected chi connectivity index (χ3v) is 6.22. The number of amidine groups is 1. The highest BCUT2D eigenvalue weighted by Crippen LogP contribution is 2.33. The fourth-order valence-corrected chi connectivity index (χ4v) is 4.67. The molecule has 0 radical (unpaired) electrons. The highest BCUT2D eigenvalue weighted by Gasteiger charge is 2.33. The van der Waals surface area contributed by atoms with Crippen LogP contribution >= 0.6 is 11.8 Å². The lowest BCUT2D eigenvalue weighted by Crippen LogP contribution is -2.29. The smallest absolute Gasteiger partial charge is 0.284 e. The molecule has 0 aliphatic carbocycles. The van der Waals surface area contributed by atoms with Gasteiger partial charge < -0.3 is 0 Å². The zero-order valence-corrected chi connectivity index (χ0v) is 16.0. The number of amides is 1. The van der Waals surface area contributed by atoms with Crippen molar-refractivity contribution in [2.24, 2.45) is 4.40 Å². The summed E-state index contributed by atoms with van der Waals surface area (Å²) in [6.45, 7) is 4.02. The number of sulfonamides is 1. The normalized spacial score (nSPS) is 18.1. The van der Waals surface area contributed by atoms with E-state index in [1.54, 1.807) is 25.1 Å². The number of carbonyl (C=O) groups is 1. The van der Waals surface area contributed by atoms with Crippen LogP contribution in [0.4, 0.5) is 0 Å². The standard InChI is InChI=1S/C19H18N2O3S2/c1-3-21-18(22)17(13-15-7-5-4-6-8-15)25-19(21)20-26(23,24)16-11-9-14(2)10-12-16/h4-13H,3H2,1-2H3. The van der Waals surface area contributed by atoms with E-state index in [1.807, 2.05) is 37.3 Å². The van der Waals surface area contributed by atoms with Crippen LogP contribution in [0, 0.1) is 6.92 Å². The van der Waals surface area contributed by atoms with Gasteiger partial charge in [0.2, 0.25) is 0 Å². The van der Waals surface area contributed by atoms with Gasteiger partial charge in [0.15, 0.2) is 5.17 Å². The zero-order chi connectivity index (χ0) is 18.7. The Labute approximate surface area is 157 Å². The molecule has 0 bridgehead atoms. The van der Waals surface area contributed by atoms with Gasteiger partial charge in [-0.25, -0.2) is 0 Å². The van der Waals surface area contributed by atoms with Gasteiger partial charge in [-0.05, 0) is 49.4 Å². The van der Waals surface area contributed by atoms with E-state index in [4.69, 9.17) is 0 Å². The second kappa shape index (κ2) is 7.47. The van der Waals surface area contributed by atoms with Crippen LogP contribution in [0.2, 0.25) is 0 Å². The molecule has 0 unspecified atom stereocenters. The fraction of sp³-hybridized carbons (Fsp3) is 0.158. The van der Waals surface area contributed by atoms with Crippen LogP contribution in [0.5, 0.6) is 0 Å². The molecule has 3 rings (SSSR count). The van der Waals surface area contributed by atoms with Crippen LogP contribution in [0.25, 0.3) is 6.08 Å². The Hall–Kier alpha value is -2.38. The first kappa shape index (κ1) is 18.4. The predicted molar refractivity (Wildman–Crippen MR) is 105 cm³/mol. The number of carbonyl (C=O) groups excluding carboxylic acids is 1. The SMILES string of the molecule is CCN1C(=O)C(=Cc2ccccc2)SC1=NS(=O)(=O)c1ccc(C)cc1. The Bertz CT molecular complexity index is 979. The van der Waals surface area contributed by atoms with E-state index in [-0.39, 0.29) is 16.0 Å². The van der Waals surface area contributed by atoms with Crippen LogP contribution in [-0.2, 0) is 14.8 Å². The lowest BCUT2D eigenvalue weighted by molar-refractivity contribution is -0.122. The lowest BCUT2D eigenvalue weighted by atomic mass is 10.2. The second-order valence-electron chi connectivity index (χ2n) is 5.73. The van der Waals surface area contributed by atoms with E-state index >= 15 is 0 Å². The second-order valence-corrected chi connectivity index (χ2v) is 8.35. The molecule has 5 nitrogen and oxygen atoms in total. The Morgan fingerprint density at radius 1 is 1.08 bits per heavy atom. The summed E-state index contributed by atoms with van der Waals surface area (Å²) in [6.07, 6.45) is 1.75. The fourth-order valence-electron chi connectivity index (χ4n) is 2.42. The maximum Gasteiger partial charge on any atom is 0.284 e. The molecule has 1 aliphatic rings. The van der Waals surface area contributed by atoms with Crippen molar-refractivity contribution >= 4 is 38.9 Å². The van der Waals surface area contributed by atoms with Crippen LogP contribution in [-0.4, -0.2) is 30.9 Å². The highest BCUT2D eigenvalue weighted by atomic mass is 32.2. The molecule has 2 aromatic carbocycles. The zero-order valence-electron chi connectivity index (χ0n) is 14.4. The first-order valence-corrected chi connectivity index (χ1v) is 10.3. The van der Waals surface area contributed by atoms with Crippen molar-refractivity contribution in [3.05, 3.63) is 70.6 Å². The first-order valence-electron chi connectivity index (χ1n) is 8.09. The van der Waals surface area contributed by atoms with E-state index in [0.717, 1.165) is 22.9 Å². The number of hydrogen-bond donors (Lipinski definition) is 0. The van der Waals surface area contributed by atoms with Crippen LogP contribution in [0.3, 0.4) is 0 Å². The van der Waals surface area contributed by atoms with Gasteiger partial charge in [-0.1, -0.05) is 48.0 Å². The third kappa shape index (κ3) is 3.89. The molecule has 26 heavy (non-hydrogen) atoms. The van der Waals surface area contributed by atoms with E-state index in [0.29, 0.717) is 11.4 Å². The molecule has 7 heteroatoms. The van der Waals surface area contributed by atoms with Gasteiger partial charge in [0, 0.05) is 6.54 Å². The molecule has 0 spiro atoms. The van der Waals surface area contributed by atoms with Crippen molar-refractivity contribution < 1.29 is 13.2 Å². The molecule has 0 atom stereocenters. The van der Waals surface area contributed by atoms with Gasteiger partial charge in [0.25, 0.3) is 15.9 Å². The number of thioether (sulfide) groups is 1. The van der Waals surface area contributed by atoms with Gasteiger partial charge >= 0.3 is 0 Å². The molecule has 1 saturated heterocycles. The van der Waals surface area contributed by atoms with Crippen LogP contribution in [0.1, 0.15) is 18.1 Å². The summed E-state index contributed by atoms with van der Waals surface area (Å²) in [7, 11) is -3.88. The van der Waals surface area contributed by atoms with Gasteiger partial charge in [0.1, 0.15) is 0 Å². The van der Waals surface area contributed by atoms with E-state index in [9.17, 15) is 13.2 Å². The van der Waals surface area contributed by atoms with E-state index < -0.39 is 10.0 Å². The minimum atomic E-state index is -3.88. The summed E-state index contributed by atoms with van der Waals surface area (Å²) in [5.74, 6) is -0.237. The van der Waals surface area contributed by atoms with Crippen molar-refractivity contribution in [3.8, 4) is 0 Å². The first-order chi connectivity index (χ1) is 12.4. The molecule has 134 valence electrons. The summed E-state index contributed by atoms with van der Waals surface area (Å²) in [4.78, 5) is 14.5. The largest absolute Gasteiger partial charge is 0.286 e. The number of hydrogen-bond acceptors (Lipinski definition) is 4. The molecule has 1 aliphatic heterocycles. The molecular weight excluding hydrogens is 368 g/mol. The van der Waals surface area contributed by atoms with Gasteiger partial charge in [-0.2, -0.15) is 8.42 Å². The lowest BCUT2D eigenvalue weighted by Gasteiger charge is -2.11. The van der Waals surface area contributed by atoms with Gasteiger partial charge in [-0.3, -0.25) is 9.69 Å². The highest BCUT2D eigenvalue weighted by molar-refractivity contribution is 8.19. The van der Waals surface area contributed by atoms with Gasteiger partial charge in [0.05, 0.1) is 9.80 Å². The summed E-state index contributed by atoms with van der Waals surface area (Å²) >= 11 is 1.08. The molecule has 0 aromatic heterocycles. The minimum Gasteiger partial charge on any atom is -0.286 e. The Morgan fingerprint density at radius 3 is 2.35 bits per heavy atom. The van der Waals surface area contributed by atoms with Crippen molar-refractivity contribution in [1.82, 2.24) is 4.90 Å². The monoisotopic (exact) mass is 386 g/mol. The number of aryl methyl sites for hydroxylation is 1. The summed E-state index contributed by atoms with van der Waals surface area (Å²) in [5.41, 5.74) is 1.84. The molecule has 1 amide bonds. The number of likely N-dealkylation sites (N-methyl/N-ethyl adjacent to an activating group) is 1. The van der Waals surface area contributed by atoms with E-state index in [2.05, 4.69) is 4.40 Å². The van der Waals surface area contributed by atoms with Crippen LogP contribution in [0.15, 0.2) is 68.8 Å². The minimum absolute atomic E-state index is 0.111. The average molecular weight is 386 g/mol. The Kier molecular flexibility index (Phi) is 5.29. The molecule has 2 aromatic rings. The predicted octanol–water partition coefficient (Wildman–Crippen LogP) is 3.68. The van der Waals surface area contributed by atoms with Gasteiger partial charge in [-0.15, -0.1) is 4.40 Å². The maximum absolute atomic E-state index is 12.6. The molecule has 0 saturated carbocycles. The van der Waals surface area contributed by atoms with Crippen LogP contribution < -0.4 is 0 Å². The summed E-state index contributed by atoms with van der Waals surface area (Å²) in [6, 6.07) is 15.9. The summed E-state index contributed by atoms with van der Waals surface area (Å²) < 4.78 is 29.1. The molecule has 1 heterocycles. The molecule has 0 N–H and O–H groups in total. The Morgan fingerprint density at radius 2 is 1.73 bits per heavy atom. The Balaban J connectivity index is 1.96. The molecular formula is C19H18N2O3S2. The topological polar surface area (TPSA) is 66.8 Å². The third-order valence-electron chi connectivity index (χ3n) is 3.82. The maximum atomic E-state index is 12.6. The van der Waals surface area contributed by atoms with Crippen molar-refractivity contribution in [3.63, 3.8) is 0 Å². The summed E-state index contributed by atoms with van der Waals surface area (Å²) in [5, 5.41) is 0.181. The average Bonchev–Trinajstić information content (AvgIpc) is 2.90. The van der Waals surface area contributed by atoms with Crippen molar-refractivity contribution in [2.75, 3.05) is 6.54 Å². The van der Waals surface area contributed by atoms with Crippen molar-refractivity contribution in [1.29, 1.82) is 0 Å². The number of benzene rings is 2. The quantitative estimate of drug-likeness (QED) is 0.752. The van der Waals surface area contributed by atoms with E-state index in [1.165, 1.54) is 17.0 Å². The number of nitrogens with zero attached hydrogens (tertiary/aromatic N) is 2. The van der Waals surface area contributed by atoms with Crippen molar-refractivity contribution in [2.45, 2.75) is 18.7 Å². The molecule has 1 fully saturated rings.